The topological polar surface area (TPSA) is 28.2 Å². The summed E-state index contributed by atoms with van der Waals surface area (Å²) in [6.45, 7) is 7.62. The van der Waals surface area contributed by atoms with Gasteiger partial charge in [-0.3, -0.25) is 4.90 Å². The molecule has 1 aromatic rings. The van der Waals surface area contributed by atoms with Crippen molar-refractivity contribution in [1.29, 1.82) is 0 Å². The van der Waals surface area contributed by atoms with Crippen molar-refractivity contribution in [3.63, 3.8) is 0 Å². The second-order valence-electron chi connectivity index (χ2n) is 5.51. The molecule has 112 valence electrons. The monoisotopic (exact) mass is 315 g/mol. The van der Waals surface area contributed by atoms with Gasteiger partial charge in [0.05, 0.1) is 0 Å². The van der Waals surface area contributed by atoms with Gasteiger partial charge < -0.3 is 5.32 Å². The third-order valence-corrected chi connectivity index (χ3v) is 4.34. The molecule has 1 saturated heterocycles. The predicted octanol–water partition coefficient (Wildman–Crippen LogP) is 3.60. The van der Waals surface area contributed by atoms with Crippen LogP contribution >= 0.6 is 23.2 Å². The van der Waals surface area contributed by atoms with Gasteiger partial charge in [0.15, 0.2) is 0 Å². The van der Waals surface area contributed by atoms with E-state index in [0.29, 0.717) is 10.3 Å². The third kappa shape index (κ3) is 4.88. The fourth-order valence-corrected chi connectivity index (χ4v) is 3.18. The van der Waals surface area contributed by atoms with Crippen molar-refractivity contribution in [1.82, 2.24) is 15.2 Å². The number of piperidine rings is 1. The van der Waals surface area contributed by atoms with Crippen molar-refractivity contribution < 1.29 is 0 Å². The Morgan fingerprint density at radius 1 is 1.30 bits per heavy atom. The average molecular weight is 316 g/mol. The predicted molar refractivity (Wildman–Crippen MR) is 85.4 cm³/mol. The molecule has 2 rings (SSSR count). The Balaban J connectivity index is 1.96. The third-order valence-electron chi connectivity index (χ3n) is 3.80. The molecule has 0 aliphatic carbocycles. The molecule has 0 radical (unpaired) electrons. The zero-order valence-corrected chi connectivity index (χ0v) is 13.6. The van der Waals surface area contributed by atoms with Crippen LogP contribution in [0.3, 0.4) is 0 Å². The highest BCUT2D eigenvalue weighted by atomic mass is 35.5. The quantitative estimate of drug-likeness (QED) is 0.813. The van der Waals surface area contributed by atoms with Crippen molar-refractivity contribution >= 4 is 23.2 Å². The minimum Gasteiger partial charge on any atom is -0.317 e. The summed E-state index contributed by atoms with van der Waals surface area (Å²) in [5.74, 6) is 0.793. The molecule has 1 aliphatic heterocycles. The van der Waals surface area contributed by atoms with Gasteiger partial charge >= 0.3 is 0 Å². The van der Waals surface area contributed by atoms with Gasteiger partial charge in [0.25, 0.3) is 0 Å². The van der Waals surface area contributed by atoms with Gasteiger partial charge in [-0.2, -0.15) is 0 Å². The number of hydrogen-bond donors (Lipinski definition) is 1. The normalized spacial score (nSPS) is 16.8. The van der Waals surface area contributed by atoms with E-state index >= 15 is 0 Å². The lowest BCUT2D eigenvalue weighted by Crippen LogP contribution is -2.36. The zero-order valence-electron chi connectivity index (χ0n) is 12.0. The molecule has 0 aromatic carbocycles. The van der Waals surface area contributed by atoms with Crippen molar-refractivity contribution in [3.8, 4) is 0 Å². The van der Waals surface area contributed by atoms with E-state index in [2.05, 4.69) is 22.1 Å². The summed E-state index contributed by atoms with van der Waals surface area (Å²) in [7, 11) is 0. The van der Waals surface area contributed by atoms with Gasteiger partial charge in [-0.25, -0.2) is 4.98 Å². The number of hydrogen-bond acceptors (Lipinski definition) is 3. The lowest BCUT2D eigenvalue weighted by Gasteiger charge is -2.30. The molecular weight excluding hydrogens is 293 g/mol. The number of halogens is 2. The molecule has 1 aromatic heterocycles. The molecule has 20 heavy (non-hydrogen) atoms. The van der Waals surface area contributed by atoms with Crippen molar-refractivity contribution in [3.05, 3.63) is 28.0 Å². The van der Waals surface area contributed by atoms with Gasteiger partial charge in [-0.1, -0.05) is 36.2 Å². The van der Waals surface area contributed by atoms with Crippen molar-refractivity contribution in [2.45, 2.75) is 32.7 Å². The molecule has 0 spiro atoms. The molecule has 1 fully saturated rings. The van der Waals surface area contributed by atoms with Gasteiger partial charge in [-0.05, 0) is 50.9 Å². The molecule has 3 nitrogen and oxygen atoms in total. The van der Waals surface area contributed by atoms with Crippen LogP contribution in [-0.2, 0) is 6.54 Å². The summed E-state index contributed by atoms with van der Waals surface area (Å²) in [5.41, 5.74) is 1.07. The molecule has 2 heterocycles. The van der Waals surface area contributed by atoms with E-state index < -0.39 is 0 Å². The Labute approximate surface area is 131 Å². The number of pyridine rings is 1. The first-order valence-corrected chi connectivity index (χ1v) is 8.18. The summed E-state index contributed by atoms with van der Waals surface area (Å²) in [5, 5.41) is 4.41. The van der Waals surface area contributed by atoms with E-state index in [4.69, 9.17) is 23.2 Å². The second kappa shape index (κ2) is 8.18. The summed E-state index contributed by atoms with van der Waals surface area (Å²) in [4.78, 5) is 6.62. The van der Waals surface area contributed by atoms with Gasteiger partial charge in [0.2, 0.25) is 0 Å². The van der Waals surface area contributed by atoms with Gasteiger partial charge in [0, 0.05) is 18.7 Å². The number of nitrogens with one attached hydrogen (secondary N) is 1. The molecule has 0 bridgehead atoms. The molecule has 0 saturated carbocycles. The SMILES string of the molecule is CCCN(Cc1ccc(Cl)nc1Cl)CC1CCNCC1. The maximum Gasteiger partial charge on any atom is 0.135 e. The van der Waals surface area contributed by atoms with Crippen LogP contribution < -0.4 is 5.32 Å². The molecule has 1 N–H and O–H groups in total. The molecule has 0 atom stereocenters. The van der Waals surface area contributed by atoms with Crippen LogP contribution in [0.5, 0.6) is 0 Å². The second-order valence-corrected chi connectivity index (χ2v) is 6.26. The number of nitrogens with zero attached hydrogens (tertiary/aromatic N) is 2. The van der Waals surface area contributed by atoms with E-state index in [-0.39, 0.29) is 0 Å². The lowest BCUT2D eigenvalue weighted by molar-refractivity contribution is 0.198. The highest BCUT2D eigenvalue weighted by Gasteiger charge is 2.17. The largest absolute Gasteiger partial charge is 0.317 e. The fraction of sp³-hybridized carbons (Fsp3) is 0.667. The average Bonchev–Trinajstić information content (AvgIpc) is 2.43. The Morgan fingerprint density at radius 2 is 2.05 bits per heavy atom. The highest BCUT2D eigenvalue weighted by molar-refractivity contribution is 6.32. The first kappa shape index (κ1) is 16.0. The van der Waals surface area contributed by atoms with Crippen molar-refractivity contribution in [2.24, 2.45) is 5.92 Å². The lowest BCUT2D eigenvalue weighted by atomic mass is 9.97. The van der Waals surface area contributed by atoms with Crippen LogP contribution in [0, 0.1) is 5.92 Å². The van der Waals surface area contributed by atoms with Gasteiger partial charge in [-0.15, -0.1) is 0 Å². The first-order chi connectivity index (χ1) is 9.69. The number of aromatic nitrogens is 1. The Kier molecular flexibility index (Phi) is 6.56. The molecule has 1 aliphatic rings. The van der Waals surface area contributed by atoms with Crippen LogP contribution in [0.1, 0.15) is 31.7 Å². The van der Waals surface area contributed by atoms with Crippen LogP contribution in [0.4, 0.5) is 0 Å². The fourth-order valence-electron chi connectivity index (χ4n) is 2.78. The Hall–Kier alpha value is -0.350. The standard InChI is InChI=1S/C15H23Cl2N3/c1-2-9-20(10-12-5-7-18-8-6-12)11-13-3-4-14(16)19-15(13)17/h3-4,12,18H,2,5-11H2,1H3. The molecule has 0 unspecified atom stereocenters. The van der Waals surface area contributed by atoms with Crippen LogP contribution in [-0.4, -0.2) is 36.1 Å². The first-order valence-electron chi connectivity index (χ1n) is 7.43. The van der Waals surface area contributed by atoms with E-state index in [1.165, 1.54) is 12.8 Å². The summed E-state index contributed by atoms with van der Waals surface area (Å²) >= 11 is 12.0. The van der Waals surface area contributed by atoms with E-state index in [1.54, 1.807) is 0 Å². The summed E-state index contributed by atoms with van der Waals surface area (Å²) in [6.07, 6.45) is 3.70. The zero-order chi connectivity index (χ0) is 14.4. The molecule has 5 heteroatoms. The Bertz CT molecular complexity index is 420. The maximum absolute atomic E-state index is 6.18. The van der Waals surface area contributed by atoms with E-state index in [0.717, 1.165) is 50.6 Å². The van der Waals surface area contributed by atoms with Crippen LogP contribution in [0.25, 0.3) is 0 Å². The molecular formula is C15H23Cl2N3. The maximum atomic E-state index is 6.18. The Morgan fingerprint density at radius 3 is 2.70 bits per heavy atom. The van der Waals surface area contributed by atoms with Gasteiger partial charge in [0.1, 0.15) is 10.3 Å². The number of rotatable bonds is 6. The minimum absolute atomic E-state index is 0.458. The van der Waals surface area contributed by atoms with Crippen molar-refractivity contribution in [2.75, 3.05) is 26.2 Å². The smallest absolute Gasteiger partial charge is 0.135 e. The van der Waals surface area contributed by atoms with Crippen LogP contribution in [0.15, 0.2) is 12.1 Å². The van der Waals surface area contributed by atoms with E-state index in [9.17, 15) is 0 Å². The minimum atomic E-state index is 0.458. The van der Waals surface area contributed by atoms with Crippen LogP contribution in [0.2, 0.25) is 10.3 Å². The highest BCUT2D eigenvalue weighted by Crippen LogP contribution is 2.20. The summed E-state index contributed by atoms with van der Waals surface area (Å²) < 4.78 is 0. The molecule has 0 amide bonds. The van der Waals surface area contributed by atoms with E-state index in [1.807, 2.05) is 12.1 Å². The summed E-state index contributed by atoms with van der Waals surface area (Å²) in [6, 6.07) is 3.81.